The van der Waals surface area contributed by atoms with Crippen molar-refractivity contribution in [3.8, 4) is 5.75 Å². The molecule has 4 heteroatoms. The summed E-state index contributed by atoms with van der Waals surface area (Å²) in [6.07, 6.45) is 0. The van der Waals surface area contributed by atoms with Crippen molar-refractivity contribution in [2.24, 2.45) is 0 Å². The van der Waals surface area contributed by atoms with Crippen molar-refractivity contribution >= 4 is 11.9 Å². The molecule has 0 bridgehead atoms. The summed E-state index contributed by atoms with van der Waals surface area (Å²) in [7, 11) is 0. The Labute approximate surface area is 61.4 Å². The highest BCUT2D eigenvalue weighted by Gasteiger charge is 2.02. The molecule has 0 radical (unpaired) electrons. The topological polar surface area (TPSA) is 9.23 Å². The van der Waals surface area contributed by atoms with E-state index in [0.717, 1.165) is 12.1 Å². The van der Waals surface area contributed by atoms with E-state index >= 15 is 0 Å². The summed E-state index contributed by atoms with van der Waals surface area (Å²) in [6.45, 7) is 0. The fourth-order valence-corrected chi connectivity index (χ4v) is 0.663. The third kappa shape index (κ3) is 1.36. The lowest BCUT2D eigenvalue weighted by Gasteiger charge is -1.95. The van der Waals surface area contributed by atoms with Gasteiger partial charge in [0.05, 0.1) is 0 Å². The number of hydrogen-bond donors (Lipinski definition) is 0. The van der Waals surface area contributed by atoms with Gasteiger partial charge < -0.3 is 4.29 Å². The van der Waals surface area contributed by atoms with Crippen LogP contribution in [0.5, 0.6) is 5.75 Å². The zero-order chi connectivity index (χ0) is 7.56. The maximum absolute atomic E-state index is 12.4. The summed E-state index contributed by atoms with van der Waals surface area (Å²) in [5.41, 5.74) is 0. The first-order valence-corrected chi connectivity index (χ1v) is 2.78. The fraction of sp³-hybridized carbons (Fsp3) is 0. The zero-order valence-corrected chi connectivity index (χ0v) is 5.53. The maximum atomic E-state index is 12.4. The summed E-state index contributed by atoms with van der Waals surface area (Å²) < 4.78 is 28.6. The van der Waals surface area contributed by atoms with Crippen LogP contribution in [0.1, 0.15) is 0 Å². The molecular weight excluding hydrogens is 162 g/mol. The second-order valence-corrected chi connectivity index (χ2v) is 1.81. The molecular formula is C6H3ClF2O. The highest BCUT2D eigenvalue weighted by molar-refractivity contribution is 6.09. The van der Waals surface area contributed by atoms with Crippen molar-refractivity contribution in [1.82, 2.24) is 0 Å². The molecule has 0 fully saturated rings. The molecule has 0 aromatic heterocycles. The van der Waals surface area contributed by atoms with Gasteiger partial charge in [-0.2, -0.15) is 0 Å². The summed E-state index contributed by atoms with van der Waals surface area (Å²) in [5, 5.41) is 0. The summed E-state index contributed by atoms with van der Waals surface area (Å²) in [5.74, 6) is -1.65. The predicted octanol–water partition coefficient (Wildman–Crippen LogP) is 2.50. The smallest absolute Gasteiger partial charge is 0.182 e. The molecule has 0 N–H and O–H groups in total. The van der Waals surface area contributed by atoms with E-state index in [-0.39, 0.29) is 5.75 Å². The van der Waals surface area contributed by atoms with E-state index in [0.29, 0.717) is 6.07 Å². The van der Waals surface area contributed by atoms with Crippen LogP contribution in [0.3, 0.4) is 0 Å². The SMILES string of the molecule is Fc1ccc(OCl)c(F)c1. The van der Waals surface area contributed by atoms with Gasteiger partial charge in [-0.15, -0.1) is 0 Å². The monoisotopic (exact) mass is 164 g/mol. The Balaban J connectivity index is 3.07. The van der Waals surface area contributed by atoms with E-state index in [1.165, 1.54) is 0 Å². The van der Waals surface area contributed by atoms with Crippen molar-refractivity contribution in [3.05, 3.63) is 29.8 Å². The first-order chi connectivity index (χ1) is 4.74. The average Bonchev–Trinajstić information content (AvgIpc) is 1.88. The molecule has 1 aromatic rings. The molecule has 0 spiro atoms. The summed E-state index contributed by atoms with van der Waals surface area (Å²) in [4.78, 5) is 0. The number of benzene rings is 1. The molecule has 10 heavy (non-hydrogen) atoms. The summed E-state index contributed by atoms with van der Waals surface area (Å²) in [6, 6.07) is 2.86. The van der Waals surface area contributed by atoms with Crippen LogP contribution in [0.2, 0.25) is 0 Å². The molecule has 0 aliphatic rings. The molecule has 1 rings (SSSR count). The molecule has 0 aliphatic carbocycles. The fourth-order valence-electron chi connectivity index (χ4n) is 0.538. The van der Waals surface area contributed by atoms with E-state index in [4.69, 9.17) is 11.9 Å². The van der Waals surface area contributed by atoms with Crippen molar-refractivity contribution in [2.75, 3.05) is 0 Å². The Morgan fingerprint density at radius 2 is 2.00 bits per heavy atom. The Bertz CT molecular complexity index is 239. The van der Waals surface area contributed by atoms with Crippen LogP contribution >= 0.6 is 11.9 Å². The van der Waals surface area contributed by atoms with Crippen LogP contribution in [0, 0.1) is 11.6 Å². The third-order valence-corrected chi connectivity index (χ3v) is 1.14. The predicted molar refractivity (Wildman–Crippen MR) is 32.8 cm³/mol. The van der Waals surface area contributed by atoms with E-state index in [9.17, 15) is 8.78 Å². The van der Waals surface area contributed by atoms with Gasteiger partial charge in [-0.1, -0.05) is 0 Å². The van der Waals surface area contributed by atoms with Crippen LogP contribution in [0.25, 0.3) is 0 Å². The number of halogens is 3. The average molecular weight is 165 g/mol. The van der Waals surface area contributed by atoms with Gasteiger partial charge in [0, 0.05) is 6.07 Å². The lowest BCUT2D eigenvalue weighted by molar-refractivity contribution is 0.515. The van der Waals surface area contributed by atoms with Gasteiger partial charge >= 0.3 is 0 Å². The molecule has 0 heterocycles. The Kier molecular flexibility index (Phi) is 2.06. The minimum absolute atomic E-state index is 0.178. The molecule has 0 atom stereocenters. The van der Waals surface area contributed by atoms with Crippen LogP contribution < -0.4 is 4.29 Å². The van der Waals surface area contributed by atoms with Gasteiger partial charge in [0.15, 0.2) is 11.6 Å². The van der Waals surface area contributed by atoms with E-state index in [2.05, 4.69) is 4.29 Å². The largest absolute Gasteiger partial charge is 0.382 e. The van der Waals surface area contributed by atoms with Crippen molar-refractivity contribution < 1.29 is 13.1 Å². The molecule has 0 saturated carbocycles. The molecule has 0 amide bonds. The molecule has 1 nitrogen and oxygen atoms in total. The van der Waals surface area contributed by atoms with E-state index in [1.54, 1.807) is 0 Å². The van der Waals surface area contributed by atoms with Crippen LogP contribution in [0.4, 0.5) is 8.78 Å². The molecule has 0 unspecified atom stereocenters. The van der Waals surface area contributed by atoms with E-state index < -0.39 is 11.6 Å². The lowest BCUT2D eigenvalue weighted by Crippen LogP contribution is -1.83. The normalized spacial score (nSPS) is 9.50. The first kappa shape index (κ1) is 7.28. The van der Waals surface area contributed by atoms with Gasteiger partial charge in [-0.05, 0) is 12.1 Å². The minimum atomic E-state index is -0.810. The number of hydrogen-bond acceptors (Lipinski definition) is 1. The Morgan fingerprint density at radius 3 is 2.50 bits per heavy atom. The van der Waals surface area contributed by atoms with Gasteiger partial charge in [0.1, 0.15) is 17.7 Å². The van der Waals surface area contributed by atoms with E-state index in [1.807, 2.05) is 0 Å². The highest BCUT2D eigenvalue weighted by atomic mass is 35.5. The molecule has 0 aliphatic heterocycles. The standard InChI is InChI=1S/C6H3ClF2O/c7-10-6-2-1-4(8)3-5(6)9/h1-3H. The van der Waals surface area contributed by atoms with Gasteiger partial charge in [-0.25, -0.2) is 8.78 Å². The van der Waals surface area contributed by atoms with Gasteiger partial charge in [-0.3, -0.25) is 0 Å². The summed E-state index contributed by atoms with van der Waals surface area (Å²) >= 11 is 4.82. The second kappa shape index (κ2) is 2.84. The van der Waals surface area contributed by atoms with Crippen molar-refractivity contribution in [3.63, 3.8) is 0 Å². The lowest BCUT2D eigenvalue weighted by atomic mass is 10.3. The Hall–Kier alpha value is -0.830. The second-order valence-electron chi connectivity index (χ2n) is 1.65. The number of rotatable bonds is 1. The minimum Gasteiger partial charge on any atom is -0.382 e. The molecule has 1 aromatic carbocycles. The van der Waals surface area contributed by atoms with Crippen LogP contribution in [0.15, 0.2) is 18.2 Å². The Morgan fingerprint density at radius 1 is 1.30 bits per heavy atom. The van der Waals surface area contributed by atoms with Crippen LogP contribution in [-0.2, 0) is 0 Å². The van der Waals surface area contributed by atoms with Crippen LogP contribution in [-0.4, -0.2) is 0 Å². The maximum Gasteiger partial charge on any atom is 0.182 e. The van der Waals surface area contributed by atoms with Crippen molar-refractivity contribution in [2.45, 2.75) is 0 Å². The first-order valence-electron chi connectivity index (χ1n) is 2.47. The molecule has 54 valence electrons. The third-order valence-electron chi connectivity index (χ3n) is 0.977. The zero-order valence-electron chi connectivity index (χ0n) is 4.77. The molecule has 0 saturated heterocycles. The van der Waals surface area contributed by atoms with Crippen molar-refractivity contribution in [1.29, 1.82) is 0 Å². The van der Waals surface area contributed by atoms with Gasteiger partial charge in [0.2, 0.25) is 0 Å². The quantitative estimate of drug-likeness (QED) is 0.620. The highest BCUT2D eigenvalue weighted by Crippen LogP contribution is 2.17. The van der Waals surface area contributed by atoms with Gasteiger partial charge in [0.25, 0.3) is 0 Å².